The zero-order valence-electron chi connectivity index (χ0n) is 19.6. The Hall–Kier alpha value is -3.32. The van der Waals surface area contributed by atoms with E-state index in [0.29, 0.717) is 5.56 Å². The van der Waals surface area contributed by atoms with E-state index in [1.54, 1.807) is 0 Å². The zero-order chi connectivity index (χ0) is 28.3. The lowest BCUT2D eigenvalue weighted by atomic mass is 10.0. The SMILES string of the molecule is CS(=O)(=O)c1cccc(C[C@H](NC(=O)c2c(Cl)cc(C#CP(=O)(O)c3cccc(O)c3)cc2Cl)C(=O)O)c1. The number of benzene rings is 3. The quantitative estimate of drug-likeness (QED) is 0.239. The van der Waals surface area contributed by atoms with E-state index in [0.717, 1.165) is 12.3 Å². The second kappa shape index (κ2) is 11.6. The van der Waals surface area contributed by atoms with Gasteiger partial charge in [0.25, 0.3) is 5.91 Å². The van der Waals surface area contributed by atoms with Crippen LogP contribution in [0.25, 0.3) is 0 Å². The molecule has 2 atom stereocenters. The summed E-state index contributed by atoms with van der Waals surface area (Å²) in [4.78, 5) is 34.9. The molecular weight excluding hydrogens is 576 g/mol. The molecule has 0 aromatic heterocycles. The van der Waals surface area contributed by atoms with Crippen molar-refractivity contribution in [3.63, 3.8) is 0 Å². The Morgan fingerprint density at radius 2 is 1.68 bits per heavy atom. The van der Waals surface area contributed by atoms with Gasteiger partial charge in [-0.15, -0.1) is 0 Å². The molecule has 3 aromatic carbocycles. The molecule has 0 fully saturated rings. The molecule has 0 aliphatic heterocycles. The zero-order valence-corrected chi connectivity index (χ0v) is 22.8. The number of aromatic hydroxyl groups is 1. The minimum Gasteiger partial charge on any atom is -0.508 e. The minimum absolute atomic E-state index is 0.00439. The topological polar surface area (TPSA) is 158 Å². The third-order valence-electron chi connectivity index (χ3n) is 5.17. The summed E-state index contributed by atoms with van der Waals surface area (Å²) in [5.41, 5.74) is 2.46. The molecule has 4 N–H and O–H groups in total. The van der Waals surface area contributed by atoms with Gasteiger partial charge in [-0.1, -0.05) is 47.3 Å². The Labute approximate surface area is 228 Å². The van der Waals surface area contributed by atoms with Crippen molar-refractivity contribution in [3.8, 4) is 17.3 Å². The number of aliphatic carboxylic acids is 1. The average molecular weight is 596 g/mol. The van der Waals surface area contributed by atoms with Gasteiger partial charge in [-0.3, -0.25) is 9.36 Å². The first-order chi connectivity index (χ1) is 17.7. The number of phenols is 1. The van der Waals surface area contributed by atoms with Gasteiger partial charge in [-0.05, 0) is 53.7 Å². The van der Waals surface area contributed by atoms with Crippen LogP contribution in [0, 0.1) is 11.6 Å². The van der Waals surface area contributed by atoms with Crippen molar-refractivity contribution >= 4 is 57.6 Å². The van der Waals surface area contributed by atoms with Crippen LogP contribution in [0.1, 0.15) is 21.5 Å². The van der Waals surface area contributed by atoms with Crippen LogP contribution in [0.2, 0.25) is 10.0 Å². The second-order valence-electron chi connectivity index (χ2n) is 8.14. The fraction of sp³-hybridized carbons (Fsp3) is 0.120. The molecule has 0 aliphatic rings. The normalized spacial score (nSPS) is 13.5. The highest BCUT2D eigenvalue weighted by Crippen LogP contribution is 2.38. The van der Waals surface area contributed by atoms with Gasteiger partial charge in [0.05, 0.1) is 25.8 Å². The lowest BCUT2D eigenvalue weighted by Crippen LogP contribution is -2.42. The first-order valence-corrected chi connectivity index (χ1v) is 15.0. The Kier molecular flexibility index (Phi) is 8.93. The molecule has 1 amide bonds. The standard InChI is InChI=1S/C25H20Cl2NO8PS/c1-38(35,36)19-7-2-4-15(10-19)13-22(25(31)32)28-24(30)23-20(26)11-16(12-21(23)27)8-9-37(33,34)18-6-3-5-17(29)14-18/h2-7,10-12,14,22,29H,13H2,1H3,(H,28,30)(H,31,32)(H,33,34)/t22-/m0/s1. The van der Waals surface area contributed by atoms with Crippen LogP contribution in [0.5, 0.6) is 5.75 Å². The number of rotatable bonds is 7. The van der Waals surface area contributed by atoms with E-state index in [4.69, 9.17) is 23.2 Å². The lowest BCUT2D eigenvalue weighted by molar-refractivity contribution is -0.139. The van der Waals surface area contributed by atoms with E-state index >= 15 is 0 Å². The molecule has 3 rings (SSSR count). The van der Waals surface area contributed by atoms with Gasteiger partial charge in [-0.25, -0.2) is 13.2 Å². The molecule has 0 radical (unpaired) electrons. The number of halogens is 2. The summed E-state index contributed by atoms with van der Waals surface area (Å²) in [5.74, 6) is -0.0102. The van der Waals surface area contributed by atoms with Gasteiger partial charge in [-0.2, -0.15) is 0 Å². The van der Waals surface area contributed by atoms with E-state index in [1.807, 2.05) is 0 Å². The maximum atomic E-state index is 12.9. The molecule has 0 saturated heterocycles. The molecule has 0 bridgehead atoms. The van der Waals surface area contributed by atoms with Gasteiger partial charge in [0.1, 0.15) is 11.8 Å². The third kappa shape index (κ3) is 7.38. The summed E-state index contributed by atoms with van der Waals surface area (Å²) >= 11 is 12.4. The van der Waals surface area contributed by atoms with Crippen molar-refractivity contribution in [2.45, 2.75) is 17.4 Å². The van der Waals surface area contributed by atoms with Crippen LogP contribution < -0.4 is 10.6 Å². The third-order valence-corrected chi connectivity index (χ3v) is 8.27. The molecule has 0 saturated carbocycles. The van der Waals surface area contributed by atoms with Crippen LogP contribution >= 0.6 is 30.6 Å². The van der Waals surface area contributed by atoms with Crippen LogP contribution in [-0.4, -0.2) is 47.7 Å². The molecule has 1 unspecified atom stereocenters. The monoisotopic (exact) mass is 595 g/mol. The molecule has 38 heavy (non-hydrogen) atoms. The van der Waals surface area contributed by atoms with Crippen molar-refractivity contribution in [1.82, 2.24) is 5.32 Å². The molecule has 0 spiro atoms. The molecule has 3 aromatic rings. The first kappa shape index (κ1) is 29.2. The maximum Gasteiger partial charge on any atom is 0.326 e. The molecule has 0 aliphatic carbocycles. The number of carbonyl (C=O) groups excluding carboxylic acids is 1. The van der Waals surface area contributed by atoms with E-state index in [9.17, 15) is 37.7 Å². The fourth-order valence-corrected chi connectivity index (χ4v) is 5.67. The summed E-state index contributed by atoms with van der Waals surface area (Å²) in [6.45, 7) is 0. The maximum absolute atomic E-state index is 12.9. The number of sulfone groups is 1. The molecular formula is C25H20Cl2NO8PS. The van der Waals surface area contributed by atoms with Gasteiger partial charge in [0.15, 0.2) is 9.84 Å². The van der Waals surface area contributed by atoms with Crippen LogP contribution in [0.3, 0.4) is 0 Å². The van der Waals surface area contributed by atoms with Crippen LogP contribution in [-0.2, 0) is 25.6 Å². The molecule has 13 heteroatoms. The number of carbonyl (C=O) groups is 2. The summed E-state index contributed by atoms with van der Waals surface area (Å²) in [6.07, 6.45) is 0.802. The minimum atomic E-state index is -4.17. The van der Waals surface area contributed by atoms with Gasteiger partial charge >= 0.3 is 13.3 Å². The van der Waals surface area contributed by atoms with Crippen molar-refractivity contribution < 1.29 is 37.7 Å². The van der Waals surface area contributed by atoms with Crippen molar-refractivity contribution in [3.05, 3.63) is 87.4 Å². The number of hydrogen-bond donors (Lipinski definition) is 4. The van der Waals surface area contributed by atoms with Gasteiger partial charge in [0, 0.05) is 18.2 Å². The Bertz CT molecular complexity index is 1620. The number of carboxylic acids is 1. The largest absolute Gasteiger partial charge is 0.508 e. The summed E-state index contributed by atoms with van der Waals surface area (Å²) in [6, 6.07) is 11.9. The predicted molar refractivity (Wildman–Crippen MR) is 143 cm³/mol. The van der Waals surface area contributed by atoms with E-state index in [2.05, 4.69) is 16.9 Å². The van der Waals surface area contributed by atoms with E-state index in [-0.39, 0.29) is 43.5 Å². The van der Waals surface area contributed by atoms with Gasteiger partial charge < -0.3 is 20.4 Å². The van der Waals surface area contributed by atoms with Crippen molar-refractivity contribution in [1.29, 1.82) is 0 Å². The van der Waals surface area contributed by atoms with Crippen LogP contribution in [0.4, 0.5) is 0 Å². The van der Waals surface area contributed by atoms with E-state index in [1.165, 1.54) is 54.6 Å². The second-order valence-corrected chi connectivity index (χ2v) is 12.9. The average Bonchev–Trinajstić information content (AvgIpc) is 2.81. The van der Waals surface area contributed by atoms with Crippen molar-refractivity contribution in [2.24, 2.45) is 0 Å². The lowest BCUT2D eigenvalue weighted by Gasteiger charge is -2.16. The van der Waals surface area contributed by atoms with Crippen molar-refractivity contribution in [2.75, 3.05) is 6.26 Å². The number of carboxylic acid groups (broad SMARTS) is 1. The first-order valence-electron chi connectivity index (χ1n) is 10.6. The Balaban J connectivity index is 1.84. The fourth-order valence-electron chi connectivity index (χ4n) is 3.32. The summed E-state index contributed by atoms with van der Waals surface area (Å²) in [7, 11) is -7.69. The van der Waals surface area contributed by atoms with E-state index < -0.39 is 35.1 Å². The predicted octanol–water partition coefficient (Wildman–Crippen LogP) is 3.43. The highest BCUT2D eigenvalue weighted by molar-refractivity contribution is 7.90. The number of amides is 1. The highest BCUT2D eigenvalue weighted by Gasteiger charge is 2.25. The molecule has 0 heterocycles. The molecule has 9 nitrogen and oxygen atoms in total. The Morgan fingerprint density at radius 3 is 2.26 bits per heavy atom. The smallest absolute Gasteiger partial charge is 0.326 e. The van der Waals surface area contributed by atoms with Crippen LogP contribution in [0.15, 0.2) is 65.6 Å². The summed E-state index contributed by atoms with van der Waals surface area (Å²) < 4.78 is 36.1. The Morgan fingerprint density at radius 1 is 1.05 bits per heavy atom. The number of phenolic OH excluding ortho intramolecular Hbond substituents is 1. The number of nitrogens with one attached hydrogen (secondary N) is 1. The van der Waals surface area contributed by atoms with Gasteiger partial charge in [0.2, 0.25) is 0 Å². The number of hydrogen-bond acceptors (Lipinski definition) is 6. The summed E-state index contributed by atoms with van der Waals surface area (Å²) in [5, 5.41) is 21.0. The highest BCUT2D eigenvalue weighted by atomic mass is 35.5. The molecule has 198 valence electrons.